The lowest BCUT2D eigenvalue weighted by Crippen LogP contribution is -2.71. The van der Waals surface area contributed by atoms with Crippen LogP contribution in [0.1, 0.15) is 18.2 Å². The van der Waals surface area contributed by atoms with Gasteiger partial charge in [0.2, 0.25) is 11.6 Å². The molecule has 2 amide bonds. The number of thiazole rings is 1. The summed E-state index contributed by atoms with van der Waals surface area (Å²) in [5, 5.41) is 28.4. The van der Waals surface area contributed by atoms with Crippen molar-refractivity contribution in [2.24, 2.45) is 5.16 Å². The predicted molar refractivity (Wildman–Crippen MR) is 147 cm³/mol. The Labute approximate surface area is 243 Å². The monoisotopic (exact) mass is 624 g/mol. The third-order valence-corrected chi connectivity index (χ3v) is 9.24. The van der Waals surface area contributed by atoms with E-state index < -0.39 is 40.8 Å². The molecule has 0 bridgehead atoms. The Morgan fingerprint density at radius 3 is 2.71 bits per heavy atom. The number of thioether (sulfide) groups is 2. The van der Waals surface area contributed by atoms with Gasteiger partial charge in [-0.15, -0.1) is 27.8 Å². The van der Waals surface area contributed by atoms with Gasteiger partial charge in [0.05, 0.1) is 17.2 Å². The molecule has 2 aromatic rings. The summed E-state index contributed by atoms with van der Waals surface area (Å²) in [6, 6.07) is -1.07. The number of anilines is 3. The van der Waals surface area contributed by atoms with E-state index >= 15 is 0 Å². The largest absolute Gasteiger partial charge is 0.543 e. The Balaban J connectivity index is 1.42. The van der Waals surface area contributed by atoms with E-state index in [2.05, 4.69) is 20.4 Å². The molecule has 4 rings (SSSR count). The van der Waals surface area contributed by atoms with Gasteiger partial charge < -0.3 is 42.4 Å². The average molecular weight is 625 g/mol. The minimum atomic E-state index is -2.02. The van der Waals surface area contributed by atoms with Crippen molar-refractivity contribution >= 4 is 81.6 Å². The molecule has 218 valence electrons. The normalized spacial score (nSPS) is 19.9. The SMILES string of the molecule is Cc1c(N)nc(SCC2=C(C(=O)[O-])N3C(=O)C(NC(=O)/C=N\O[C@](C)(C(=O)O)c4csc(N)n4)C3SC2)[n+](N)c1N. The molecule has 41 heavy (non-hydrogen) atoms. The van der Waals surface area contributed by atoms with E-state index in [1.165, 1.54) is 24.1 Å². The van der Waals surface area contributed by atoms with Crippen LogP contribution in [0.25, 0.3) is 0 Å². The molecule has 0 aromatic carbocycles. The van der Waals surface area contributed by atoms with Crippen LogP contribution < -0.4 is 38.1 Å². The van der Waals surface area contributed by atoms with Crippen molar-refractivity contribution in [3.8, 4) is 0 Å². The van der Waals surface area contributed by atoms with Gasteiger partial charge in [0.25, 0.3) is 17.4 Å². The number of nitrogen functional groups attached to an aromatic ring is 4. The van der Waals surface area contributed by atoms with Crippen LogP contribution in [-0.2, 0) is 29.6 Å². The first-order valence-electron chi connectivity index (χ1n) is 11.5. The summed E-state index contributed by atoms with van der Waals surface area (Å²) in [7, 11) is 0. The summed E-state index contributed by atoms with van der Waals surface area (Å²) in [6.45, 7) is 2.83. The van der Waals surface area contributed by atoms with Gasteiger partial charge in [-0.25, -0.2) is 9.78 Å². The maximum atomic E-state index is 12.9. The lowest BCUT2D eigenvalue weighted by molar-refractivity contribution is -0.667. The van der Waals surface area contributed by atoms with E-state index in [1.54, 1.807) is 6.92 Å². The summed E-state index contributed by atoms with van der Waals surface area (Å²) >= 11 is 3.30. The van der Waals surface area contributed by atoms with Gasteiger partial charge in [-0.1, -0.05) is 10.1 Å². The third-order valence-electron chi connectivity index (χ3n) is 6.19. The van der Waals surface area contributed by atoms with Crippen molar-refractivity contribution in [3.05, 3.63) is 27.9 Å². The fourth-order valence-corrected chi connectivity index (χ4v) is 6.84. The Bertz CT molecular complexity index is 1510. The molecule has 0 radical (unpaired) electrons. The van der Waals surface area contributed by atoms with Gasteiger partial charge >= 0.3 is 11.1 Å². The first kappa shape index (κ1) is 29.7. The number of rotatable bonds is 10. The number of aliphatic carboxylic acids is 2. The number of carboxylic acid groups (broad SMARTS) is 2. The lowest BCUT2D eigenvalue weighted by Gasteiger charge is -2.50. The maximum absolute atomic E-state index is 12.9. The number of amides is 2. The van der Waals surface area contributed by atoms with Crippen molar-refractivity contribution in [2.45, 2.75) is 36.0 Å². The lowest BCUT2D eigenvalue weighted by atomic mass is 10.0. The molecule has 1 fully saturated rings. The molecule has 0 spiro atoms. The predicted octanol–water partition coefficient (Wildman–Crippen LogP) is -2.91. The zero-order valence-electron chi connectivity index (χ0n) is 21.4. The number of carboxylic acids is 2. The first-order chi connectivity index (χ1) is 19.3. The number of aromatic nitrogens is 3. The summed E-state index contributed by atoms with van der Waals surface area (Å²) < 4.78 is 1.13. The van der Waals surface area contributed by atoms with Crippen LogP contribution in [0.4, 0.5) is 16.8 Å². The summed E-state index contributed by atoms with van der Waals surface area (Å²) in [5.41, 5.74) is 15.9. The standard InChI is InChI=1S/C21H24N10O7S3/c1-7-13(22)29-20(31(25)14(7)23)41-5-8-4-39-16-11(15(33)30(16)12(8)17(34)35)28-10(32)3-26-38-21(2,18(36)37)9-6-40-19(24)27-9/h3,6,11,16H,4-5,25H2,1-2H3,(H8,22,23,24,27,28,32,34,35,36,37)/b26-3-/t11?,16?,21-/m0/s1. The first-order valence-corrected chi connectivity index (χ1v) is 14.4. The highest BCUT2D eigenvalue weighted by Gasteiger charge is 2.52. The van der Waals surface area contributed by atoms with Crippen LogP contribution in [-0.4, -0.2) is 72.9 Å². The second-order valence-corrected chi connectivity index (χ2v) is 11.8. The van der Waals surface area contributed by atoms with Crippen LogP contribution in [0.5, 0.6) is 0 Å². The maximum Gasteiger partial charge on any atom is 0.357 e. The topological polar surface area (TPSA) is 282 Å². The second-order valence-electron chi connectivity index (χ2n) is 8.82. The van der Waals surface area contributed by atoms with Gasteiger partial charge in [0.1, 0.15) is 23.3 Å². The molecule has 2 aliphatic rings. The Hall–Kier alpha value is -4.30. The van der Waals surface area contributed by atoms with E-state index in [0.717, 1.165) is 32.7 Å². The molecule has 1 saturated heterocycles. The fourth-order valence-electron chi connectivity index (χ4n) is 3.76. The molecule has 2 aromatic heterocycles. The van der Waals surface area contributed by atoms with E-state index in [1.807, 2.05) is 0 Å². The molecule has 0 aliphatic carbocycles. The molecule has 3 atom stereocenters. The highest BCUT2D eigenvalue weighted by Crippen LogP contribution is 2.41. The highest BCUT2D eigenvalue weighted by atomic mass is 32.2. The molecule has 20 heteroatoms. The average Bonchev–Trinajstić information content (AvgIpc) is 3.37. The molecule has 4 heterocycles. The van der Waals surface area contributed by atoms with Gasteiger partial charge in [-0.2, -0.15) is 0 Å². The van der Waals surface area contributed by atoms with E-state index in [4.69, 9.17) is 27.9 Å². The molecule has 2 aliphatic heterocycles. The van der Waals surface area contributed by atoms with Gasteiger partial charge in [-0.3, -0.25) is 20.3 Å². The van der Waals surface area contributed by atoms with Crippen LogP contribution in [0.15, 0.2) is 27.0 Å². The summed E-state index contributed by atoms with van der Waals surface area (Å²) in [5.74, 6) is 2.06. The minimum absolute atomic E-state index is 0.0181. The molecule has 0 saturated carbocycles. The number of carbonyl (C=O) groups is 4. The number of nitrogens with two attached hydrogens (primary N) is 4. The number of fused-ring (bicyclic) bond motifs is 1. The van der Waals surface area contributed by atoms with Crippen molar-refractivity contribution in [1.29, 1.82) is 0 Å². The number of nitrogens with zero attached hydrogens (tertiary/aromatic N) is 5. The molecule has 10 N–H and O–H groups in total. The third kappa shape index (κ3) is 5.52. The van der Waals surface area contributed by atoms with Crippen LogP contribution in [0.3, 0.4) is 0 Å². The summed E-state index contributed by atoms with van der Waals surface area (Å²) in [4.78, 5) is 63.2. The van der Waals surface area contributed by atoms with Gasteiger partial charge in [-0.05, 0) is 31.2 Å². The van der Waals surface area contributed by atoms with Crippen molar-refractivity contribution in [2.75, 3.05) is 34.5 Å². The quantitative estimate of drug-likeness (QED) is 0.0294. The molecule has 2 unspecified atom stereocenters. The van der Waals surface area contributed by atoms with E-state index in [0.29, 0.717) is 17.4 Å². The molecular formula is C21H24N10O7S3. The van der Waals surface area contributed by atoms with Crippen LogP contribution >= 0.6 is 34.9 Å². The Kier molecular flexibility index (Phi) is 8.17. The van der Waals surface area contributed by atoms with Crippen LogP contribution in [0, 0.1) is 6.92 Å². The number of carbonyl (C=O) groups excluding carboxylic acids is 3. The number of hydrogen-bond acceptors (Lipinski definition) is 16. The Morgan fingerprint density at radius 1 is 1.39 bits per heavy atom. The summed E-state index contributed by atoms with van der Waals surface area (Å²) in [6.07, 6.45) is 0.659. The molecule has 17 nitrogen and oxygen atoms in total. The number of β-lactam (4-membered cyclic amide) rings is 1. The van der Waals surface area contributed by atoms with Crippen LogP contribution in [0.2, 0.25) is 0 Å². The van der Waals surface area contributed by atoms with Crippen molar-refractivity contribution < 1.29 is 38.9 Å². The Morgan fingerprint density at radius 2 is 2.10 bits per heavy atom. The smallest absolute Gasteiger partial charge is 0.357 e. The van der Waals surface area contributed by atoms with E-state index in [9.17, 15) is 29.4 Å². The highest BCUT2D eigenvalue weighted by molar-refractivity contribution is 8.01. The molecular weight excluding hydrogens is 600 g/mol. The number of hydrogen-bond donors (Lipinski definition) is 6. The zero-order valence-corrected chi connectivity index (χ0v) is 23.8. The van der Waals surface area contributed by atoms with Crippen molar-refractivity contribution in [1.82, 2.24) is 20.2 Å². The van der Waals surface area contributed by atoms with E-state index in [-0.39, 0.29) is 44.8 Å². The van der Waals surface area contributed by atoms with Crippen molar-refractivity contribution in [3.63, 3.8) is 0 Å². The van der Waals surface area contributed by atoms with Gasteiger partial charge in [0.15, 0.2) is 5.13 Å². The zero-order chi connectivity index (χ0) is 30.2. The minimum Gasteiger partial charge on any atom is -0.543 e. The number of nitrogens with one attached hydrogen (secondary N) is 1. The fraction of sp³-hybridized carbons (Fsp3) is 0.333. The second kappa shape index (κ2) is 11.3. The van der Waals surface area contributed by atoms with Gasteiger partial charge in [0, 0.05) is 16.9 Å². The number of oxime groups is 1.